The maximum atomic E-state index is 11.6. The summed E-state index contributed by atoms with van der Waals surface area (Å²) in [5.74, 6) is 5.51. The van der Waals surface area contributed by atoms with Gasteiger partial charge in [-0.15, -0.1) is 0 Å². The molecule has 5 nitrogen and oxygen atoms in total. The SMILES string of the molecule is CC(C)(CO)CN1CCCN(N)C1=O. The van der Waals surface area contributed by atoms with Gasteiger partial charge in [0.1, 0.15) is 0 Å². The lowest BCUT2D eigenvalue weighted by atomic mass is 9.94. The van der Waals surface area contributed by atoms with E-state index in [1.54, 1.807) is 4.90 Å². The average molecular weight is 201 g/mol. The van der Waals surface area contributed by atoms with Crippen molar-refractivity contribution in [3.8, 4) is 0 Å². The van der Waals surface area contributed by atoms with Crippen molar-refractivity contribution >= 4 is 6.03 Å². The third kappa shape index (κ3) is 2.59. The zero-order chi connectivity index (χ0) is 10.8. The fraction of sp³-hybridized carbons (Fsp3) is 0.889. The van der Waals surface area contributed by atoms with E-state index in [0.717, 1.165) is 13.0 Å². The van der Waals surface area contributed by atoms with Gasteiger partial charge in [0.25, 0.3) is 0 Å². The monoisotopic (exact) mass is 201 g/mol. The second-order valence-electron chi connectivity index (χ2n) is 4.57. The molecular weight excluding hydrogens is 182 g/mol. The van der Waals surface area contributed by atoms with Gasteiger partial charge in [-0.1, -0.05) is 13.8 Å². The van der Waals surface area contributed by atoms with Crippen LogP contribution in [0, 0.1) is 5.41 Å². The first-order valence-electron chi connectivity index (χ1n) is 4.88. The van der Waals surface area contributed by atoms with E-state index in [9.17, 15) is 4.79 Å². The number of nitrogens with zero attached hydrogens (tertiary/aromatic N) is 2. The first-order valence-corrected chi connectivity index (χ1v) is 4.88. The molecule has 1 fully saturated rings. The molecule has 1 rings (SSSR count). The number of amides is 2. The zero-order valence-electron chi connectivity index (χ0n) is 8.86. The van der Waals surface area contributed by atoms with Gasteiger partial charge >= 0.3 is 6.03 Å². The third-order valence-electron chi connectivity index (χ3n) is 2.39. The quantitative estimate of drug-likeness (QED) is 0.499. The molecule has 0 aromatic carbocycles. The number of hydrazine groups is 1. The molecule has 0 spiro atoms. The summed E-state index contributed by atoms with van der Waals surface area (Å²) < 4.78 is 0. The fourth-order valence-corrected chi connectivity index (χ4v) is 1.52. The molecule has 3 N–H and O–H groups in total. The van der Waals surface area contributed by atoms with E-state index >= 15 is 0 Å². The topological polar surface area (TPSA) is 69.8 Å². The first kappa shape index (κ1) is 11.3. The van der Waals surface area contributed by atoms with Gasteiger partial charge in [0.15, 0.2) is 0 Å². The molecule has 0 radical (unpaired) electrons. The molecule has 0 unspecified atom stereocenters. The second-order valence-corrected chi connectivity index (χ2v) is 4.57. The molecule has 1 saturated heterocycles. The number of urea groups is 1. The van der Waals surface area contributed by atoms with Crippen LogP contribution in [0.15, 0.2) is 0 Å². The Balaban J connectivity index is 2.55. The van der Waals surface area contributed by atoms with Crippen molar-refractivity contribution in [1.82, 2.24) is 9.91 Å². The van der Waals surface area contributed by atoms with Crippen LogP contribution in [-0.4, -0.2) is 47.3 Å². The lowest BCUT2D eigenvalue weighted by molar-refractivity contribution is 0.0811. The number of aliphatic hydroxyl groups is 1. The van der Waals surface area contributed by atoms with Crippen LogP contribution in [0.1, 0.15) is 20.3 Å². The Morgan fingerprint density at radius 3 is 2.71 bits per heavy atom. The van der Waals surface area contributed by atoms with Gasteiger partial charge < -0.3 is 10.0 Å². The standard InChI is InChI=1S/C9H19N3O2/c1-9(2,7-13)6-11-4-3-5-12(10)8(11)14/h13H,3-7,10H2,1-2H3. The van der Waals surface area contributed by atoms with E-state index in [1.807, 2.05) is 13.8 Å². The van der Waals surface area contributed by atoms with E-state index in [-0.39, 0.29) is 18.1 Å². The molecule has 0 aliphatic carbocycles. The minimum atomic E-state index is -0.256. The molecule has 0 bridgehead atoms. The minimum absolute atomic E-state index is 0.0708. The molecule has 82 valence electrons. The summed E-state index contributed by atoms with van der Waals surface area (Å²) in [5, 5.41) is 10.3. The van der Waals surface area contributed by atoms with Gasteiger partial charge in [0, 0.05) is 31.7 Å². The number of carbonyl (C=O) groups is 1. The Morgan fingerprint density at radius 1 is 1.50 bits per heavy atom. The van der Waals surface area contributed by atoms with Crippen molar-refractivity contribution in [2.75, 3.05) is 26.2 Å². The summed E-state index contributed by atoms with van der Waals surface area (Å²) in [5.41, 5.74) is -0.256. The number of nitrogens with two attached hydrogens (primary N) is 1. The Bertz CT molecular complexity index is 218. The van der Waals surface area contributed by atoms with E-state index < -0.39 is 0 Å². The van der Waals surface area contributed by atoms with Crippen molar-refractivity contribution in [2.24, 2.45) is 11.3 Å². The first-order chi connectivity index (χ1) is 6.46. The van der Waals surface area contributed by atoms with E-state index in [2.05, 4.69) is 0 Å². The van der Waals surface area contributed by atoms with Crippen molar-refractivity contribution in [1.29, 1.82) is 0 Å². The van der Waals surface area contributed by atoms with Crippen LogP contribution >= 0.6 is 0 Å². The number of carbonyl (C=O) groups excluding carboxylic acids is 1. The number of hydrogen-bond donors (Lipinski definition) is 2. The number of rotatable bonds is 3. The minimum Gasteiger partial charge on any atom is -0.396 e. The van der Waals surface area contributed by atoms with Crippen LogP contribution in [0.25, 0.3) is 0 Å². The molecule has 0 saturated carbocycles. The highest BCUT2D eigenvalue weighted by Gasteiger charge is 2.28. The third-order valence-corrected chi connectivity index (χ3v) is 2.39. The van der Waals surface area contributed by atoms with Crippen molar-refractivity contribution in [3.05, 3.63) is 0 Å². The summed E-state index contributed by atoms with van der Waals surface area (Å²) in [6.07, 6.45) is 0.893. The summed E-state index contributed by atoms with van der Waals surface area (Å²) >= 11 is 0. The predicted molar refractivity (Wildman–Crippen MR) is 53.3 cm³/mol. The number of hydrogen-bond acceptors (Lipinski definition) is 3. The Morgan fingerprint density at radius 2 is 2.14 bits per heavy atom. The van der Waals surface area contributed by atoms with Crippen LogP contribution in [0.3, 0.4) is 0 Å². The highest BCUT2D eigenvalue weighted by Crippen LogP contribution is 2.18. The van der Waals surface area contributed by atoms with Crippen LogP contribution in [0.4, 0.5) is 4.79 Å². The van der Waals surface area contributed by atoms with Gasteiger partial charge in [0.05, 0.1) is 0 Å². The summed E-state index contributed by atoms with van der Waals surface area (Å²) in [4.78, 5) is 13.3. The average Bonchev–Trinajstić information content (AvgIpc) is 2.13. The van der Waals surface area contributed by atoms with E-state index in [1.165, 1.54) is 5.01 Å². The molecule has 1 aliphatic heterocycles. The molecule has 1 heterocycles. The fourth-order valence-electron chi connectivity index (χ4n) is 1.52. The largest absolute Gasteiger partial charge is 0.396 e. The van der Waals surface area contributed by atoms with Crippen molar-refractivity contribution in [3.63, 3.8) is 0 Å². The molecule has 2 amide bonds. The van der Waals surface area contributed by atoms with Gasteiger partial charge in [-0.2, -0.15) is 0 Å². The van der Waals surface area contributed by atoms with Crippen LogP contribution in [0.5, 0.6) is 0 Å². The second kappa shape index (κ2) is 4.14. The zero-order valence-corrected chi connectivity index (χ0v) is 8.86. The van der Waals surface area contributed by atoms with Crippen molar-refractivity contribution < 1.29 is 9.90 Å². The molecule has 0 atom stereocenters. The molecule has 5 heteroatoms. The van der Waals surface area contributed by atoms with Gasteiger partial charge in [-0.25, -0.2) is 10.6 Å². The van der Waals surface area contributed by atoms with Crippen LogP contribution < -0.4 is 5.84 Å². The Labute approximate surface area is 84.4 Å². The maximum absolute atomic E-state index is 11.6. The maximum Gasteiger partial charge on any atom is 0.334 e. The summed E-state index contributed by atoms with van der Waals surface area (Å²) in [6, 6.07) is -0.141. The predicted octanol–water partition coefficient (Wildman–Crippen LogP) is 0.00630. The smallest absolute Gasteiger partial charge is 0.334 e. The van der Waals surface area contributed by atoms with Crippen molar-refractivity contribution in [2.45, 2.75) is 20.3 Å². The van der Waals surface area contributed by atoms with Crippen LogP contribution in [0.2, 0.25) is 0 Å². The molecule has 1 aliphatic rings. The number of aliphatic hydroxyl groups excluding tert-OH is 1. The molecule has 0 aromatic rings. The Kier molecular flexibility index (Phi) is 3.34. The van der Waals surface area contributed by atoms with E-state index in [4.69, 9.17) is 10.9 Å². The van der Waals surface area contributed by atoms with E-state index in [0.29, 0.717) is 13.1 Å². The normalized spacial score (nSPS) is 19.0. The van der Waals surface area contributed by atoms with Gasteiger partial charge in [0.2, 0.25) is 0 Å². The molecule has 0 aromatic heterocycles. The summed E-state index contributed by atoms with van der Waals surface area (Å²) in [7, 11) is 0. The Hall–Kier alpha value is -0.810. The highest BCUT2D eigenvalue weighted by atomic mass is 16.3. The highest BCUT2D eigenvalue weighted by molar-refractivity contribution is 5.74. The lowest BCUT2D eigenvalue weighted by Gasteiger charge is -2.37. The molecule has 14 heavy (non-hydrogen) atoms. The molecular formula is C9H19N3O2. The summed E-state index contributed by atoms with van der Waals surface area (Å²) in [6.45, 7) is 5.83. The van der Waals surface area contributed by atoms with Gasteiger partial charge in [-0.05, 0) is 6.42 Å². The van der Waals surface area contributed by atoms with Crippen LogP contribution in [-0.2, 0) is 0 Å². The van der Waals surface area contributed by atoms with Gasteiger partial charge in [-0.3, -0.25) is 5.01 Å². The lowest BCUT2D eigenvalue weighted by Crippen LogP contribution is -2.54.